The molecule has 120 valence electrons. The summed E-state index contributed by atoms with van der Waals surface area (Å²) in [4.78, 5) is 12.6. The number of aliphatic hydroxyl groups is 1. The molecule has 22 heavy (non-hydrogen) atoms. The normalized spacial score (nSPS) is 12.6. The maximum atomic E-state index is 12.6. The van der Waals surface area contributed by atoms with Crippen LogP contribution >= 0.6 is 0 Å². The zero-order chi connectivity index (χ0) is 16.3. The van der Waals surface area contributed by atoms with E-state index in [-0.39, 0.29) is 18.6 Å². The summed E-state index contributed by atoms with van der Waals surface area (Å²) < 4.78 is 10.8. The van der Waals surface area contributed by atoms with Crippen LogP contribution in [-0.2, 0) is 0 Å². The molecule has 1 aromatic heterocycles. The van der Waals surface area contributed by atoms with Crippen molar-refractivity contribution in [3.8, 4) is 5.75 Å². The highest BCUT2D eigenvalue weighted by Gasteiger charge is 2.21. The number of hydrogen-bond donors (Lipinski definition) is 2. The van der Waals surface area contributed by atoms with Crippen LogP contribution in [0.5, 0.6) is 5.75 Å². The van der Waals surface area contributed by atoms with Crippen molar-refractivity contribution >= 4 is 16.9 Å². The average Bonchev–Trinajstić information content (AvgIpc) is 2.80. The molecule has 1 aromatic carbocycles. The Morgan fingerprint density at radius 1 is 1.41 bits per heavy atom. The number of methoxy groups -OCH3 is 1. The van der Waals surface area contributed by atoms with Crippen LogP contribution in [0.25, 0.3) is 11.0 Å². The van der Waals surface area contributed by atoms with Crippen molar-refractivity contribution in [2.24, 2.45) is 5.92 Å². The van der Waals surface area contributed by atoms with E-state index in [9.17, 15) is 9.90 Å². The second kappa shape index (κ2) is 6.83. The molecule has 0 saturated carbocycles. The summed E-state index contributed by atoms with van der Waals surface area (Å²) in [6.07, 6.45) is 0.723. The first-order valence-electron chi connectivity index (χ1n) is 7.45. The first-order chi connectivity index (χ1) is 10.5. The Labute approximate surface area is 130 Å². The molecule has 2 rings (SSSR count). The van der Waals surface area contributed by atoms with E-state index in [1.54, 1.807) is 32.2 Å². The van der Waals surface area contributed by atoms with Crippen molar-refractivity contribution in [1.29, 1.82) is 0 Å². The highest BCUT2D eigenvalue weighted by atomic mass is 16.5. The summed E-state index contributed by atoms with van der Waals surface area (Å²) in [6.45, 7) is 5.79. The molecule has 0 aliphatic heterocycles. The molecule has 1 atom stereocenters. The van der Waals surface area contributed by atoms with Crippen molar-refractivity contribution in [2.45, 2.75) is 33.2 Å². The highest BCUT2D eigenvalue weighted by molar-refractivity contribution is 6.07. The molecule has 5 heteroatoms. The molecule has 0 saturated heterocycles. The maximum Gasteiger partial charge on any atom is 0.255 e. The summed E-state index contributed by atoms with van der Waals surface area (Å²) in [7, 11) is 1.58. The lowest BCUT2D eigenvalue weighted by Gasteiger charge is -2.18. The fourth-order valence-electron chi connectivity index (χ4n) is 2.61. The topological polar surface area (TPSA) is 71.7 Å². The lowest BCUT2D eigenvalue weighted by molar-refractivity contribution is 0.0908. The Kier molecular flexibility index (Phi) is 5.08. The average molecular weight is 305 g/mol. The molecule has 2 N–H and O–H groups in total. The van der Waals surface area contributed by atoms with Crippen molar-refractivity contribution in [1.82, 2.24) is 5.32 Å². The molecule has 1 amide bonds. The van der Waals surface area contributed by atoms with Gasteiger partial charge in [0.05, 0.1) is 25.3 Å². The van der Waals surface area contributed by atoms with Gasteiger partial charge in [-0.15, -0.1) is 0 Å². The minimum Gasteiger partial charge on any atom is -0.497 e. The molecule has 0 aliphatic carbocycles. The quantitative estimate of drug-likeness (QED) is 0.861. The highest BCUT2D eigenvalue weighted by Crippen LogP contribution is 2.29. The van der Waals surface area contributed by atoms with Crippen LogP contribution in [0.3, 0.4) is 0 Å². The monoisotopic (exact) mass is 305 g/mol. The first-order valence-corrected chi connectivity index (χ1v) is 7.45. The molecule has 0 fully saturated rings. The number of nitrogens with one attached hydrogen (secondary N) is 1. The van der Waals surface area contributed by atoms with Gasteiger partial charge in [0.25, 0.3) is 5.91 Å². The second-order valence-electron chi connectivity index (χ2n) is 5.88. The number of amides is 1. The van der Waals surface area contributed by atoms with Crippen LogP contribution in [0.4, 0.5) is 0 Å². The third kappa shape index (κ3) is 3.42. The van der Waals surface area contributed by atoms with Crippen LogP contribution < -0.4 is 10.1 Å². The van der Waals surface area contributed by atoms with E-state index in [1.807, 2.05) is 0 Å². The van der Waals surface area contributed by atoms with E-state index < -0.39 is 0 Å². The number of ether oxygens (including phenoxy) is 1. The summed E-state index contributed by atoms with van der Waals surface area (Å²) >= 11 is 0. The number of carbonyl (C=O) groups excluding carboxylic acids is 1. The summed E-state index contributed by atoms with van der Waals surface area (Å²) in [5, 5.41) is 13.0. The second-order valence-corrected chi connectivity index (χ2v) is 5.88. The van der Waals surface area contributed by atoms with Gasteiger partial charge in [0.2, 0.25) is 0 Å². The van der Waals surface area contributed by atoms with Crippen LogP contribution in [0.1, 0.15) is 36.4 Å². The molecule has 2 aromatic rings. The van der Waals surface area contributed by atoms with Crippen molar-refractivity contribution < 1.29 is 19.1 Å². The van der Waals surface area contributed by atoms with Gasteiger partial charge in [0, 0.05) is 5.39 Å². The Morgan fingerprint density at radius 3 is 2.73 bits per heavy atom. The van der Waals surface area contributed by atoms with Crippen molar-refractivity contribution in [2.75, 3.05) is 13.7 Å². The first kappa shape index (κ1) is 16.4. The third-order valence-corrected chi connectivity index (χ3v) is 3.61. The lowest BCUT2D eigenvalue weighted by Crippen LogP contribution is -2.38. The van der Waals surface area contributed by atoms with E-state index in [1.165, 1.54) is 0 Å². The van der Waals surface area contributed by atoms with Crippen molar-refractivity contribution in [3.63, 3.8) is 0 Å². The minimum absolute atomic E-state index is 0.0813. The number of benzene rings is 1. The Balaban J connectivity index is 2.32. The number of aliphatic hydroxyl groups excluding tert-OH is 1. The van der Waals surface area contributed by atoms with Gasteiger partial charge in [-0.3, -0.25) is 4.79 Å². The van der Waals surface area contributed by atoms with Gasteiger partial charge in [0.1, 0.15) is 17.1 Å². The summed E-state index contributed by atoms with van der Waals surface area (Å²) in [5.41, 5.74) is 1.14. The predicted octanol–water partition coefficient (Wildman–Crippen LogP) is 2.89. The van der Waals surface area contributed by atoms with Gasteiger partial charge < -0.3 is 19.6 Å². The van der Waals surface area contributed by atoms with E-state index in [2.05, 4.69) is 19.2 Å². The van der Waals surface area contributed by atoms with Gasteiger partial charge in [-0.1, -0.05) is 13.8 Å². The zero-order valence-electron chi connectivity index (χ0n) is 13.5. The summed E-state index contributed by atoms with van der Waals surface area (Å²) in [5.74, 6) is 1.38. The Hall–Kier alpha value is -2.01. The number of furan rings is 1. The van der Waals surface area contributed by atoms with Crippen LogP contribution in [0, 0.1) is 12.8 Å². The van der Waals surface area contributed by atoms with Gasteiger partial charge in [-0.25, -0.2) is 0 Å². The molecule has 1 unspecified atom stereocenters. The van der Waals surface area contributed by atoms with Gasteiger partial charge in [-0.2, -0.15) is 0 Å². The van der Waals surface area contributed by atoms with Crippen molar-refractivity contribution in [3.05, 3.63) is 29.5 Å². The van der Waals surface area contributed by atoms with Gasteiger partial charge in [-0.05, 0) is 37.5 Å². The molecule has 0 spiro atoms. The van der Waals surface area contributed by atoms with E-state index in [0.717, 1.165) is 11.8 Å². The molecule has 5 nitrogen and oxygen atoms in total. The van der Waals surface area contributed by atoms with Crippen LogP contribution in [0.15, 0.2) is 22.6 Å². The summed E-state index contributed by atoms with van der Waals surface area (Å²) in [6, 6.07) is 5.11. The number of carbonyl (C=O) groups is 1. The zero-order valence-corrected chi connectivity index (χ0v) is 13.5. The largest absolute Gasteiger partial charge is 0.497 e. The number of hydrogen-bond acceptors (Lipinski definition) is 4. The molecule has 1 heterocycles. The molecular weight excluding hydrogens is 282 g/mol. The standard InChI is InChI=1S/C17H23NO4/c1-10(2)7-12(9-19)18-17(20)16-11(3)22-15-6-5-13(21-4)8-14(15)16/h5-6,8,10,12,19H,7,9H2,1-4H3,(H,18,20). The fourth-order valence-corrected chi connectivity index (χ4v) is 2.61. The van der Waals surface area contributed by atoms with E-state index >= 15 is 0 Å². The van der Waals surface area contributed by atoms with E-state index in [0.29, 0.717) is 28.6 Å². The number of aryl methyl sites for hydroxylation is 1. The Morgan fingerprint density at radius 2 is 2.14 bits per heavy atom. The van der Waals surface area contributed by atoms with Crippen LogP contribution in [-0.4, -0.2) is 30.8 Å². The fraction of sp³-hybridized carbons (Fsp3) is 0.471. The predicted molar refractivity (Wildman–Crippen MR) is 85.3 cm³/mol. The smallest absolute Gasteiger partial charge is 0.255 e. The maximum absolute atomic E-state index is 12.6. The molecular formula is C17H23NO4. The molecule has 0 aliphatic rings. The Bertz CT molecular complexity index is 660. The molecule has 0 radical (unpaired) electrons. The SMILES string of the molecule is COc1ccc2oc(C)c(C(=O)NC(CO)CC(C)C)c2c1. The van der Waals surface area contributed by atoms with Gasteiger partial charge >= 0.3 is 0 Å². The number of fused-ring (bicyclic) bond motifs is 1. The van der Waals surface area contributed by atoms with Gasteiger partial charge in [0.15, 0.2) is 0 Å². The number of rotatable bonds is 6. The molecule has 0 bridgehead atoms. The van der Waals surface area contributed by atoms with Crippen LogP contribution in [0.2, 0.25) is 0 Å². The third-order valence-electron chi connectivity index (χ3n) is 3.61. The minimum atomic E-state index is -0.262. The van der Waals surface area contributed by atoms with E-state index in [4.69, 9.17) is 9.15 Å². The lowest BCUT2D eigenvalue weighted by atomic mass is 10.0.